The predicted octanol–water partition coefficient (Wildman–Crippen LogP) is 2.87. The van der Waals surface area contributed by atoms with Crippen LogP contribution < -0.4 is 11.1 Å². The standard InChI is InChI=1S/C15H22N2O2/c1-14(2,3)19-13(18)17-15(8-9-15)10-11-4-6-12(16)7-5-11/h4-7H,8-10,16H2,1-3H3,(H,17,18). The molecule has 0 radical (unpaired) electrons. The van der Waals surface area contributed by atoms with Gasteiger partial charge in [0, 0.05) is 11.2 Å². The van der Waals surface area contributed by atoms with Gasteiger partial charge in [0.15, 0.2) is 0 Å². The highest BCUT2D eigenvalue weighted by Crippen LogP contribution is 2.39. The number of rotatable bonds is 3. The van der Waals surface area contributed by atoms with Crippen LogP contribution in [-0.4, -0.2) is 17.2 Å². The average Bonchev–Trinajstić information content (AvgIpc) is 2.98. The highest BCUT2D eigenvalue weighted by Gasteiger charge is 2.44. The molecule has 2 rings (SSSR count). The maximum Gasteiger partial charge on any atom is 0.408 e. The zero-order valence-corrected chi connectivity index (χ0v) is 11.8. The van der Waals surface area contributed by atoms with E-state index in [0.29, 0.717) is 0 Å². The van der Waals surface area contributed by atoms with Gasteiger partial charge in [0.05, 0.1) is 0 Å². The number of benzene rings is 1. The molecule has 1 aromatic rings. The molecule has 1 amide bonds. The molecule has 1 aliphatic carbocycles. The Hall–Kier alpha value is -1.71. The quantitative estimate of drug-likeness (QED) is 0.823. The zero-order chi connectivity index (χ0) is 14.1. The number of nitrogens with one attached hydrogen (secondary N) is 1. The van der Waals surface area contributed by atoms with Gasteiger partial charge in [0.25, 0.3) is 0 Å². The normalized spacial score (nSPS) is 16.8. The Bertz CT molecular complexity index is 456. The molecule has 0 spiro atoms. The molecular formula is C15H22N2O2. The van der Waals surface area contributed by atoms with Crippen molar-refractivity contribution >= 4 is 11.8 Å². The summed E-state index contributed by atoms with van der Waals surface area (Å²) >= 11 is 0. The van der Waals surface area contributed by atoms with Crippen LogP contribution in [0.3, 0.4) is 0 Å². The molecule has 3 N–H and O–H groups in total. The van der Waals surface area contributed by atoms with E-state index >= 15 is 0 Å². The van der Waals surface area contributed by atoms with E-state index in [9.17, 15) is 4.79 Å². The van der Waals surface area contributed by atoms with Gasteiger partial charge in [-0.3, -0.25) is 0 Å². The van der Waals surface area contributed by atoms with Gasteiger partial charge in [-0.1, -0.05) is 12.1 Å². The lowest BCUT2D eigenvalue weighted by Gasteiger charge is -2.23. The second-order valence-electron chi connectivity index (χ2n) is 6.33. The van der Waals surface area contributed by atoms with E-state index in [0.717, 1.165) is 24.9 Å². The van der Waals surface area contributed by atoms with Crippen molar-refractivity contribution in [3.05, 3.63) is 29.8 Å². The van der Waals surface area contributed by atoms with E-state index in [-0.39, 0.29) is 11.6 Å². The van der Waals surface area contributed by atoms with E-state index in [1.165, 1.54) is 5.56 Å². The largest absolute Gasteiger partial charge is 0.444 e. The molecule has 0 atom stereocenters. The third-order valence-corrected chi connectivity index (χ3v) is 3.14. The smallest absolute Gasteiger partial charge is 0.408 e. The summed E-state index contributed by atoms with van der Waals surface area (Å²) < 4.78 is 5.30. The minimum atomic E-state index is -0.457. The van der Waals surface area contributed by atoms with Crippen LogP contribution in [0.1, 0.15) is 39.2 Å². The highest BCUT2D eigenvalue weighted by molar-refractivity contribution is 5.69. The van der Waals surface area contributed by atoms with Gasteiger partial charge < -0.3 is 15.8 Å². The number of amides is 1. The summed E-state index contributed by atoms with van der Waals surface area (Å²) in [5, 5.41) is 2.99. The first kappa shape index (κ1) is 13.7. The molecule has 1 aliphatic rings. The van der Waals surface area contributed by atoms with Crippen molar-refractivity contribution in [1.82, 2.24) is 5.32 Å². The number of nitrogens with two attached hydrogens (primary N) is 1. The van der Waals surface area contributed by atoms with Crippen molar-refractivity contribution in [2.75, 3.05) is 5.73 Å². The maximum absolute atomic E-state index is 11.8. The van der Waals surface area contributed by atoms with Crippen LogP contribution in [0.2, 0.25) is 0 Å². The minimum Gasteiger partial charge on any atom is -0.444 e. The number of hydrogen-bond acceptors (Lipinski definition) is 3. The van der Waals surface area contributed by atoms with Crippen molar-refractivity contribution in [3.63, 3.8) is 0 Å². The fraction of sp³-hybridized carbons (Fsp3) is 0.533. The Balaban J connectivity index is 1.93. The summed E-state index contributed by atoms with van der Waals surface area (Å²) in [7, 11) is 0. The van der Waals surface area contributed by atoms with E-state index in [4.69, 9.17) is 10.5 Å². The van der Waals surface area contributed by atoms with Crippen molar-refractivity contribution in [1.29, 1.82) is 0 Å². The lowest BCUT2D eigenvalue weighted by molar-refractivity contribution is 0.0496. The molecule has 19 heavy (non-hydrogen) atoms. The first-order valence-electron chi connectivity index (χ1n) is 6.64. The Morgan fingerprint density at radius 2 is 1.89 bits per heavy atom. The Kier molecular flexibility index (Phi) is 3.43. The molecular weight excluding hydrogens is 240 g/mol. The van der Waals surface area contributed by atoms with E-state index in [1.54, 1.807) is 0 Å². The molecule has 1 saturated carbocycles. The predicted molar refractivity (Wildman–Crippen MR) is 75.9 cm³/mol. The summed E-state index contributed by atoms with van der Waals surface area (Å²) in [6.07, 6.45) is 2.49. The first-order chi connectivity index (χ1) is 8.78. The molecule has 0 aromatic heterocycles. The SMILES string of the molecule is CC(C)(C)OC(=O)NC1(Cc2ccc(N)cc2)CC1. The summed E-state index contributed by atoms with van der Waals surface area (Å²) in [5.41, 5.74) is 7.02. The molecule has 0 bridgehead atoms. The summed E-state index contributed by atoms with van der Waals surface area (Å²) in [4.78, 5) is 11.8. The topological polar surface area (TPSA) is 64.3 Å². The third kappa shape index (κ3) is 4.16. The van der Waals surface area contributed by atoms with Crippen LogP contribution in [0.25, 0.3) is 0 Å². The van der Waals surface area contributed by atoms with Crippen LogP contribution in [0.5, 0.6) is 0 Å². The highest BCUT2D eigenvalue weighted by atomic mass is 16.6. The van der Waals surface area contributed by atoms with Crippen LogP contribution in [0, 0.1) is 0 Å². The second kappa shape index (κ2) is 4.76. The number of carbonyl (C=O) groups is 1. The number of ether oxygens (including phenoxy) is 1. The fourth-order valence-corrected chi connectivity index (χ4v) is 2.04. The van der Waals surface area contributed by atoms with Crippen molar-refractivity contribution < 1.29 is 9.53 Å². The average molecular weight is 262 g/mol. The van der Waals surface area contributed by atoms with E-state index in [2.05, 4.69) is 5.32 Å². The molecule has 1 fully saturated rings. The first-order valence-corrected chi connectivity index (χ1v) is 6.64. The molecule has 0 saturated heterocycles. The zero-order valence-electron chi connectivity index (χ0n) is 11.8. The van der Waals surface area contributed by atoms with Gasteiger partial charge in [-0.15, -0.1) is 0 Å². The van der Waals surface area contributed by atoms with Gasteiger partial charge in [-0.25, -0.2) is 4.79 Å². The molecule has 4 nitrogen and oxygen atoms in total. The number of nitrogen functional groups attached to an aromatic ring is 1. The summed E-state index contributed by atoms with van der Waals surface area (Å²) in [5.74, 6) is 0. The lowest BCUT2D eigenvalue weighted by Crippen LogP contribution is -2.41. The minimum absolute atomic E-state index is 0.127. The number of anilines is 1. The molecule has 104 valence electrons. The van der Waals surface area contributed by atoms with Crippen molar-refractivity contribution in [2.45, 2.75) is 51.2 Å². The van der Waals surface area contributed by atoms with E-state index < -0.39 is 5.60 Å². The van der Waals surface area contributed by atoms with Crippen LogP contribution >= 0.6 is 0 Å². The van der Waals surface area contributed by atoms with Gasteiger partial charge in [-0.05, 0) is 57.7 Å². The Morgan fingerprint density at radius 1 is 1.32 bits per heavy atom. The molecule has 0 unspecified atom stereocenters. The van der Waals surface area contributed by atoms with Gasteiger partial charge >= 0.3 is 6.09 Å². The number of hydrogen-bond donors (Lipinski definition) is 2. The van der Waals surface area contributed by atoms with Gasteiger partial charge in [-0.2, -0.15) is 0 Å². The van der Waals surface area contributed by atoms with Gasteiger partial charge in [0.2, 0.25) is 0 Å². The van der Waals surface area contributed by atoms with E-state index in [1.807, 2.05) is 45.0 Å². The van der Waals surface area contributed by atoms with Crippen LogP contribution in [0.15, 0.2) is 24.3 Å². The molecule has 0 aliphatic heterocycles. The summed E-state index contributed by atoms with van der Waals surface area (Å²) in [6, 6.07) is 7.79. The number of alkyl carbamates (subject to hydrolysis) is 1. The van der Waals surface area contributed by atoms with Crippen LogP contribution in [0.4, 0.5) is 10.5 Å². The Labute approximate surface area is 114 Å². The van der Waals surface area contributed by atoms with Crippen LogP contribution in [-0.2, 0) is 11.2 Å². The molecule has 4 heteroatoms. The van der Waals surface area contributed by atoms with Crippen molar-refractivity contribution in [2.24, 2.45) is 0 Å². The number of carbonyl (C=O) groups excluding carboxylic acids is 1. The molecule has 1 aromatic carbocycles. The fourth-order valence-electron chi connectivity index (χ4n) is 2.04. The van der Waals surface area contributed by atoms with Gasteiger partial charge in [0.1, 0.15) is 5.60 Å². The second-order valence-corrected chi connectivity index (χ2v) is 6.33. The summed E-state index contributed by atoms with van der Waals surface area (Å²) in [6.45, 7) is 5.60. The Morgan fingerprint density at radius 3 is 2.37 bits per heavy atom. The maximum atomic E-state index is 11.8. The van der Waals surface area contributed by atoms with Crippen molar-refractivity contribution in [3.8, 4) is 0 Å². The molecule has 0 heterocycles. The lowest BCUT2D eigenvalue weighted by atomic mass is 10.0. The monoisotopic (exact) mass is 262 g/mol. The third-order valence-electron chi connectivity index (χ3n) is 3.14.